The lowest BCUT2D eigenvalue weighted by molar-refractivity contribution is 0.155. The molecule has 6 heteroatoms. The van der Waals surface area contributed by atoms with E-state index in [2.05, 4.69) is 74.7 Å². The number of aromatic nitrogens is 2. The fraction of sp³-hybridized carbons (Fsp3) is 0.360. The molecule has 2 aromatic carbocycles. The SMILES string of the molecule is Cc1cc(C)cc(Sc2c(C(C)C)nc(CCCOC(N)=O)n2Cc2ccccc2)c1. The molecule has 0 spiro atoms. The normalized spacial score (nSPS) is 11.1. The van der Waals surface area contributed by atoms with Gasteiger partial charge in [0, 0.05) is 17.9 Å². The van der Waals surface area contributed by atoms with Crippen LogP contribution >= 0.6 is 11.8 Å². The molecule has 1 amide bonds. The summed E-state index contributed by atoms with van der Waals surface area (Å²) in [4.78, 5) is 17.2. The second-order valence-corrected chi connectivity index (χ2v) is 9.20. The number of rotatable bonds is 9. The Morgan fingerprint density at radius 2 is 1.81 bits per heavy atom. The Labute approximate surface area is 189 Å². The summed E-state index contributed by atoms with van der Waals surface area (Å²) in [5, 5.41) is 1.18. The Balaban J connectivity index is 1.99. The quantitative estimate of drug-likeness (QED) is 0.426. The highest BCUT2D eigenvalue weighted by atomic mass is 32.2. The molecule has 3 aromatic rings. The maximum absolute atomic E-state index is 10.9. The lowest BCUT2D eigenvalue weighted by Crippen LogP contribution is -2.14. The highest BCUT2D eigenvalue weighted by Gasteiger charge is 2.21. The first-order valence-electron chi connectivity index (χ1n) is 10.6. The van der Waals surface area contributed by atoms with Crippen molar-refractivity contribution < 1.29 is 9.53 Å². The summed E-state index contributed by atoms with van der Waals surface area (Å²) in [6.45, 7) is 9.67. The van der Waals surface area contributed by atoms with E-state index in [0.717, 1.165) is 18.1 Å². The van der Waals surface area contributed by atoms with Gasteiger partial charge in [-0.3, -0.25) is 0 Å². The lowest BCUT2D eigenvalue weighted by Gasteiger charge is -2.14. The van der Waals surface area contributed by atoms with Gasteiger partial charge in [0.15, 0.2) is 0 Å². The number of nitrogens with two attached hydrogens (primary N) is 1. The van der Waals surface area contributed by atoms with Crippen LogP contribution in [0.1, 0.15) is 54.4 Å². The molecule has 3 rings (SSSR count). The second-order valence-electron chi connectivity index (χ2n) is 8.14. The first kappa shape index (κ1) is 22.9. The van der Waals surface area contributed by atoms with Gasteiger partial charge < -0.3 is 15.0 Å². The highest BCUT2D eigenvalue weighted by molar-refractivity contribution is 7.99. The highest BCUT2D eigenvalue weighted by Crippen LogP contribution is 2.36. The lowest BCUT2D eigenvalue weighted by atomic mass is 10.1. The monoisotopic (exact) mass is 437 g/mol. The van der Waals surface area contributed by atoms with Crippen molar-refractivity contribution in [2.24, 2.45) is 5.73 Å². The Morgan fingerprint density at radius 3 is 2.42 bits per heavy atom. The van der Waals surface area contributed by atoms with E-state index < -0.39 is 6.09 Å². The molecule has 0 atom stereocenters. The van der Waals surface area contributed by atoms with Gasteiger partial charge in [-0.25, -0.2) is 9.78 Å². The third kappa shape index (κ3) is 6.37. The summed E-state index contributed by atoms with van der Waals surface area (Å²) in [6, 6.07) is 17.1. The average Bonchev–Trinajstić information content (AvgIpc) is 3.02. The van der Waals surface area contributed by atoms with Crippen molar-refractivity contribution in [2.75, 3.05) is 6.61 Å². The van der Waals surface area contributed by atoms with Crippen LogP contribution in [0.5, 0.6) is 0 Å². The molecule has 0 saturated heterocycles. The number of benzene rings is 2. The van der Waals surface area contributed by atoms with E-state index in [4.69, 9.17) is 15.5 Å². The molecule has 5 nitrogen and oxygen atoms in total. The van der Waals surface area contributed by atoms with Crippen molar-refractivity contribution in [1.82, 2.24) is 9.55 Å². The molecule has 31 heavy (non-hydrogen) atoms. The van der Waals surface area contributed by atoms with Crippen molar-refractivity contribution in [3.8, 4) is 0 Å². The fourth-order valence-electron chi connectivity index (χ4n) is 3.61. The number of aryl methyl sites for hydroxylation is 3. The molecule has 0 aliphatic carbocycles. The molecule has 1 heterocycles. The van der Waals surface area contributed by atoms with Crippen LogP contribution in [-0.4, -0.2) is 22.3 Å². The van der Waals surface area contributed by atoms with Gasteiger partial charge in [0.2, 0.25) is 0 Å². The fourth-order valence-corrected chi connectivity index (χ4v) is 4.99. The minimum absolute atomic E-state index is 0.296. The minimum atomic E-state index is -0.735. The Kier molecular flexibility index (Phi) is 7.80. The second kappa shape index (κ2) is 10.5. The van der Waals surface area contributed by atoms with Crippen molar-refractivity contribution in [3.05, 3.63) is 76.7 Å². The van der Waals surface area contributed by atoms with Crippen LogP contribution in [0.3, 0.4) is 0 Å². The zero-order valence-corrected chi connectivity index (χ0v) is 19.5. The standard InChI is InChI=1S/C25H31N3O2S/c1-17(2)23-24(31-21-14-18(3)13-19(4)15-21)28(16-20-9-6-5-7-10-20)22(27-23)11-8-12-30-25(26)29/h5-7,9-10,13-15,17H,8,11-12,16H2,1-4H3,(H2,26,29). The average molecular weight is 438 g/mol. The van der Waals surface area contributed by atoms with Gasteiger partial charge in [-0.1, -0.05) is 62.0 Å². The van der Waals surface area contributed by atoms with Crippen molar-refractivity contribution >= 4 is 17.9 Å². The molecule has 0 bridgehead atoms. The van der Waals surface area contributed by atoms with E-state index in [9.17, 15) is 4.79 Å². The molecule has 0 aliphatic heterocycles. The van der Waals surface area contributed by atoms with Crippen molar-refractivity contribution in [1.29, 1.82) is 0 Å². The van der Waals surface area contributed by atoms with Gasteiger partial charge in [0.05, 0.1) is 12.3 Å². The molecule has 0 radical (unpaired) electrons. The zero-order valence-electron chi connectivity index (χ0n) is 18.7. The number of hydrogen-bond donors (Lipinski definition) is 1. The molecular formula is C25H31N3O2S. The summed E-state index contributed by atoms with van der Waals surface area (Å²) in [5.74, 6) is 1.30. The van der Waals surface area contributed by atoms with E-state index in [1.54, 1.807) is 11.8 Å². The maximum atomic E-state index is 10.9. The van der Waals surface area contributed by atoms with Crippen molar-refractivity contribution in [3.63, 3.8) is 0 Å². The number of carbonyl (C=O) groups excluding carboxylic acids is 1. The summed E-state index contributed by atoms with van der Waals surface area (Å²) in [7, 11) is 0. The molecule has 0 aliphatic rings. The zero-order chi connectivity index (χ0) is 22.4. The summed E-state index contributed by atoms with van der Waals surface area (Å²) in [5.41, 5.74) is 9.94. The Morgan fingerprint density at radius 1 is 1.13 bits per heavy atom. The summed E-state index contributed by atoms with van der Waals surface area (Å²) in [6.07, 6.45) is 0.661. The van der Waals surface area contributed by atoms with Gasteiger partial charge in [-0.15, -0.1) is 0 Å². The number of primary amides is 1. The predicted molar refractivity (Wildman–Crippen MR) is 126 cm³/mol. The number of amides is 1. The van der Waals surface area contributed by atoms with Crippen LogP contribution in [0.2, 0.25) is 0 Å². The number of hydrogen-bond acceptors (Lipinski definition) is 4. The van der Waals surface area contributed by atoms with E-state index >= 15 is 0 Å². The summed E-state index contributed by atoms with van der Waals surface area (Å²) < 4.78 is 7.24. The minimum Gasteiger partial charge on any atom is -0.450 e. The van der Waals surface area contributed by atoms with E-state index in [0.29, 0.717) is 25.4 Å². The Bertz CT molecular complexity index is 1010. The van der Waals surface area contributed by atoms with Gasteiger partial charge in [-0.2, -0.15) is 0 Å². The Hall–Kier alpha value is -2.73. The smallest absolute Gasteiger partial charge is 0.404 e. The van der Waals surface area contributed by atoms with Gasteiger partial charge >= 0.3 is 6.09 Å². The van der Waals surface area contributed by atoms with Crippen LogP contribution in [0.25, 0.3) is 0 Å². The van der Waals surface area contributed by atoms with Gasteiger partial charge in [0.1, 0.15) is 10.9 Å². The topological polar surface area (TPSA) is 70.1 Å². The third-order valence-electron chi connectivity index (χ3n) is 4.95. The van der Waals surface area contributed by atoms with Crippen LogP contribution in [0.15, 0.2) is 58.5 Å². The van der Waals surface area contributed by atoms with Crippen LogP contribution < -0.4 is 5.73 Å². The molecule has 0 unspecified atom stereocenters. The molecule has 164 valence electrons. The predicted octanol–water partition coefficient (Wildman–Crippen LogP) is 5.85. The molecular weight excluding hydrogens is 406 g/mol. The van der Waals surface area contributed by atoms with Crippen molar-refractivity contribution in [2.45, 2.75) is 62.9 Å². The number of ether oxygens (including phenoxy) is 1. The molecule has 0 fully saturated rings. The van der Waals surface area contributed by atoms with E-state index in [1.807, 2.05) is 6.07 Å². The van der Waals surface area contributed by atoms with Crippen LogP contribution in [0, 0.1) is 13.8 Å². The van der Waals surface area contributed by atoms with E-state index in [-0.39, 0.29) is 0 Å². The first-order valence-corrected chi connectivity index (χ1v) is 11.5. The number of nitrogens with zero attached hydrogens (tertiary/aromatic N) is 2. The molecule has 0 saturated carbocycles. The first-order chi connectivity index (χ1) is 14.8. The number of imidazole rings is 1. The molecule has 1 aromatic heterocycles. The van der Waals surface area contributed by atoms with Gasteiger partial charge in [-0.05, 0) is 55.0 Å². The largest absolute Gasteiger partial charge is 0.450 e. The van der Waals surface area contributed by atoms with Crippen LogP contribution in [-0.2, 0) is 17.7 Å². The maximum Gasteiger partial charge on any atom is 0.404 e. The third-order valence-corrected chi connectivity index (χ3v) is 6.05. The number of carbonyl (C=O) groups is 1. The van der Waals surface area contributed by atoms with Crippen LogP contribution in [0.4, 0.5) is 4.79 Å². The molecule has 2 N–H and O–H groups in total. The summed E-state index contributed by atoms with van der Waals surface area (Å²) >= 11 is 1.78. The van der Waals surface area contributed by atoms with Gasteiger partial charge in [0.25, 0.3) is 0 Å². The van der Waals surface area contributed by atoms with E-state index in [1.165, 1.54) is 26.6 Å².